The summed E-state index contributed by atoms with van der Waals surface area (Å²) >= 11 is 37.7. The number of esters is 1. The Kier molecular flexibility index (Phi) is 35.9. The standard InChI is InChI=1S/C10H10ClF3O.C10H9F3O2.C8H4Cl3F3.C8H3Cl2F3.C8H2ClF3.C8H5F3O2.HI/c1-2-15-10(11)4-6-3-8(13)9(14)5-7(6)12;1-2-15-10(14)4-6-3-8(12)9(13)5-7(6)11;9-3-8(10,11)4-1-6(13)7(14)2-5(4)12;9-3-5(10)4-1-7(12)8(13)2-6(4)11;9-2-1-5-3-7(11)8(12)4-6(5)10;9-5-3-7(11)6(10)1-4(5)2-8(12)13;/h3,5,10H,2,4H2,1H3;3,5H,2,4H2,1H3;1-2H,3H2;1-3H;3-4H;1,3H,2H2,(H,12,13);1H. The van der Waals surface area contributed by atoms with Crippen molar-refractivity contribution in [2.75, 3.05) is 19.1 Å². The minimum atomic E-state index is -1.76. The van der Waals surface area contributed by atoms with Crippen molar-refractivity contribution in [1.29, 1.82) is 0 Å². The number of benzene rings is 6. The van der Waals surface area contributed by atoms with Gasteiger partial charge in [0.15, 0.2) is 74.1 Å². The van der Waals surface area contributed by atoms with Crippen molar-refractivity contribution in [2.24, 2.45) is 0 Å². The smallest absolute Gasteiger partial charge is 0.310 e. The quantitative estimate of drug-likeness (QED) is 0.0330. The van der Waals surface area contributed by atoms with Crippen LogP contribution in [0.15, 0.2) is 78.3 Å². The number of carboxylic acids is 1. The van der Waals surface area contributed by atoms with Gasteiger partial charge in [-0.2, -0.15) is 0 Å². The van der Waals surface area contributed by atoms with Crippen molar-refractivity contribution in [3.05, 3.63) is 216 Å². The summed E-state index contributed by atoms with van der Waals surface area (Å²) < 4.78 is 236. The molecule has 0 saturated carbocycles. The number of rotatable bonds is 12. The Bertz CT molecular complexity index is 3260. The fraction of sp³-hybridized carbons (Fsp3) is 0.192. The number of hydrogen-bond donors (Lipinski definition) is 1. The van der Waals surface area contributed by atoms with Gasteiger partial charge in [-0.25, -0.2) is 79.0 Å². The normalized spacial score (nSPS) is 10.9. The van der Waals surface area contributed by atoms with E-state index in [0.717, 1.165) is 11.6 Å². The average molecular weight is 1460 g/mol. The van der Waals surface area contributed by atoms with Gasteiger partial charge in [0.05, 0.1) is 35.9 Å². The number of carbonyl (C=O) groups is 2. The van der Waals surface area contributed by atoms with Crippen LogP contribution in [0.3, 0.4) is 0 Å². The molecule has 0 fully saturated rings. The minimum absolute atomic E-state index is 0. The van der Waals surface area contributed by atoms with Crippen LogP contribution in [0.5, 0.6) is 0 Å². The highest BCUT2D eigenvalue weighted by Crippen LogP contribution is 2.37. The van der Waals surface area contributed by atoms with Crippen LogP contribution >= 0.6 is 105 Å². The molecule has 0 heterocycles. The Morgan fingerprint density at radius 3 is 1.34 bits per heavy atom. The molecule has 6 aromatic carbocycles. The predicted molar refractivity (Wildman–Crippen MR) is 286 cm³/mol. The highest BCUT2D eigenvalue weighted by molar-refractivity contribution is 14.0. The molecule has 0 aliphatic heterocycles. The van der Waals surface area contributed by atoms with E-state index in [1.165, 1.54) is 0 Å². The minimum Gasteiger partial charge on any atom is -0.481 e. The van der Waals surface area contributed by atoms with Gasteiger partial charge in [-0.15, -0.1) is 35.6 Å². The van der Waals surface area contributed by atoms with E-state index in [-0.39, 0.29) is 81.3 Å². The van der Waals surface area contributed by atoms with Crippen molar-refractivity contribution in [2.45, 2.75) is 43.0 Å². The van der Waals surface area contributed by atoms with E-state index in [4.69, 9.17) is 91.0 Å². The van der Waals surface area contributed by atoms with Crippen molar-refractivity contribution >= 4 is 122 Å². The molecule has 1 unspecified atom stereocenters. The summed E-state index contributed by atoms with van der Waals surface area (Å²) in [7, 11) is 0. The molecule has 1 N–H and O–H groups in total. The van der Waals surface area contributed by atoms with Crippen LogP contribution < -0.4 is 0 Å². The molecule has 0 saturated heterocycles. The average Bonchev–Trinajstić information content (AvgIpc) is 3.49. The van der Waals surface area contributed by atoms with E-state index in [1.54, 1.807) is 13.8 Å². The number of alkyl halides is 4. The van der Waals surface area contributed by atoms with E-state index >= 15 is 0 Å². The van der Waals surface area contributed by atoms with Gasteiger partial charge in [0, 0.05) is 82.6 Å². The highest BCUT2D eigenvalue weighted by Gasteiger charge is 2.30. The molecule has 31 heteroatoms. The van der Waals surface area contributed by atoms with E-state index < -0.39 is 139 Å². The van der Waals surface area contributed by atoms with Crippen LogP contribution in [0.4, 0.5) is 79.0 Å². The summed E-state index contributed by atoms with van der Waals surface area (Å²) in [4.78, 5) is 21.1. The lowest BCUT2D eigenvalue weighted by Crippen LogP contribution is -2.15. The van der Waals surface area contributed by atoms with Crippen molar-refractivity contribution < 1.29 is 103 Å². The van der Waals surface area contributed by atoms with Crippen LogP contribution in [0, 0.1) is 116 Å². The zero-order valence-electron chi connectivity index (χ0n) is 41.3. The first-order valence-electron chi connectivity index (χ1n) is 21.7. The van der Waals surface area contributed by atoms with Crippen molar-refractivity contribution in [3.8, 4) is 11.3 Å². The molecule has 0 aromatic heterocycles. The molecular weight excluding hydrogens is 1420 g/mol. The molecule has 0 aliphatic rings. The third-order valence-corrected chi connectivity index (χ3v) is 11.5. The number of aliphatic carboxylic acids is 1. The zero-order valence-corrected chi connectivity index (χ0v) is 48.9. The van der Waals surface area contributed by atoms with Crippen LogP contribution in [0.2, 0.25) is 0 Å². The molecule has 0 aliphatic carbocycles. The summed E-state index contributed by atoms with van der Waals surface area (Å²) in [5.74, 6) is -20.7. The van der Waals surface area contributed by atoms with E-state index in [2.05, 4.69) is 10.7 Å². The second-order valence-electron chi connectivity index (χ2n) is 14.9. The van der Waals surface area contributed by atoms with Gasteiger partial charge >= 0.3 is 11.9 Å². The highest BCUT2D eigenvalue weighted by atomic mass is 127. The van der Waals surface area contributed by atoms with Crippen LogP contribution in [-0.4, -0.2) is 41.7 Å². The van der Waals surface area contributed by atoms with Gasteiger partial charge < -0.3 is 14.6 Å². The van der Waals surface area contributed by atoms with Gasteiger partial charge in [0.1, 0.15) is 40.5 Å². The van der Waals surface area contributed by atoms with Crippen LogP contribution in [-0.2, 0) is 42.7 Å². The second kappa shape index (κ2) is 38.1. The summed E-state index contributed by atoms with van der Waals surface area (Å²) in [6.07, 6.45) is -1.07. The first-order chi connectivity index (χ1) is 38.2. The number of ether oxygens (including phenoxy) is 2. The topological polar surface area (TPSA) is 72.8 Å². The maximum Gasteiger partial charge on any atom is 0.310 e. The summed E-state index contributed by atoms with van der Waals surface area (Å²) in [6, 6.07) is 6.31. The number of hydrogen-bond acceptors (Lipinski definition) is 4. The predicted octanol–water partition coefficient (Wildman–Crippen LogP) is 18.3. The Balaban J connectivity index is 0.000000971. The van der Waals surface area contributed by atoms with E-state index in [1.807, 2.05) is 5.38 Å². The summed E-state index contributed by atoms with van der Waals surface area (Å²) in [5.41, 5.74) is -1.36. The Labute approximate surface area is 511 Å². The van der Waals surface area contributed by atoms with Crippen molar-refractivity contribution in [1.82, 2.24) is 0 Å². The van der Waals surface area contributed by atoms with Crippen molar-refractivity contribution in [3.63, 3.8) is 0 Å². The third-order valence-electron chi connectivity index (χ3n) is 9.10. The maximum atomic E-state index is 13.1. The largest absolute Gasteiger partial charge is 0.481 e. The van der Waals surface area contributed by atoms with Crippen LogP contribution in [0.1, 0.15) is 47.2 Å². The number of halogens is 26. The first kappa shape index (κ1) is 78.0. The molecule has 6 aromatic rings. The Morgan fingerprint density at radius 2 is 0.916 bits per heavy atom. The SMILES string of the molecule is CCOC(=O)Cc1cc(F)c(F)cc1F.CCOC(Cl)Cc1cc(F)c(F)cc1F.Fc1cc(F)c(C#CCl)cc1F.Fc1cc(F)c(C(Cl)(Cl)CCl)cc1F.Fc1cc(F)c(C(Cl)=CCl)cc1F.I.O=C(O)Cc1cc(F)c(F)cc1F. The fourth-order valence-corrected chi connectivity index (χ4v) is 6.46. The second-order valence-corrected chi connectivity index (χ2v) is 18.0. The fourth-order valence-electron chi connectivity index (χ4n) is 5.37. The lowest BCUT2D eigenvalue weighted by Gasteiger charge is -2.17. The Hall–Kier alpha value is -4.98. The van der Waals surface area contributed by atoms with Gasteiger partial charge in [0.2, 0.25) is 0 Å². The molecule has 0 bridgehead atoms. The zero-order chi connectivity index (χ0) is 62.9. The van der Waals surface area contributed by atoms with Crippen LogP contribution in [0.25, 0.3) is 5.03 Å². The monoisotopic (exact) mass is 1450 g/mol. The summed E-state index contributed by atoms with van der Waals surface area (Å²) in [6.45, 7) is 3.86. The molecule has 0 amide bonds. The molecule has 6 rings (SSSR count). The van der Waals surface area contributed by atoms with Gasteiger partial charge in [-0.05, 0) is 73.3 Å². The molecule has 83 heavy (non-hydrogen) atoms. The number of carbonyl (C=O) groups excluding carboxylic acids is 1. The molecule has 0 spiro atoms. The molecule has 1 atom stereocenters. The maximum absolute atomic E-state index is 13.1. The lowest BCUT2D eigenvalue weighted by atomic mass is 10.1. The molecular formula is C52H34Cl7F18IO5. The molecule has 454 valence electrons. The molecule has 0 radical (unpaired) electrons. The molecule has 5 nitrogen and oxygen atoms in total. The Morgan fingerprint density at radius 1 is 0.542 bits per heavy atom. The first-order valence-corrected chi connectivity index (χ1v) is 24.6. The van der Waals surface area contributed by atoms with E-state index in [0.29, 0.717) is 73.3 Å². The van der Waals surface area contributed by atoms with Gasteiger partial charge in [-0.1, -0.05) is 58.0 Å². The van der Waals surface area contributed by atoms with Gasteiger partial charge in [-0.3, -0.25) is 9.59 Å². The van der Waals surface area contributed by atoms with E-state index in [9.17, 15) is 88.6 Å². The third kappa shape index (κ3) is 26.9. The van der Waals surface area contributed by atoms with Gasteiger partial charge in [0.25, 0.3) is 0 Å². The summed E-state index contributed by atoms with van der Waals surface area (Å²) in [5, 5.41) is 9.95. The number of carboxylic acid groups (broad SMARTS) is 1. The lowest BCUT2D eigenvalue weighted by molar-refractivity contribution is -0.142.